The third kappa shape index (κ3) is 5.08. The van der Waals surface area contributed by atoms with Crippen LogP contribution < -0.4 is 11.1 Å². The maximum Gasteiger partial charge on any atom is 0.223 e. The van der Waals surface area contributed by atoms with Gasteiger partial charge in [-0.3, -0.25) is 0 Å². The molecule has 2 aromatic heterocycles. The highest BCUT2D eigenvalue weighted by Crippen LogP contribution is 2.38. The molecule has 4 rings (SSSR count). The third-order valence-electron chi connectivity index (χ3n) is 5.48. The molecule has 0 bridgehead atoms. The number of nitrogens with zero attached hydrogens (tertiary/aromatic N) is 3. The monoisotopic (exact) mass is 424 g/mol. The maximum absolute atomic E-state index is 13.5. The summed E-state index contributed by atoms with van der Waals surface area (Å²) in [6.45, 7) is 6.40. The molecule has 7 nitrogen and oxygen atoms in total. The van der Waals surface area contributed by atoms with Crippen LogP contribution in [-0.4, -0.2) is 39.6 Å². The van der Waals surface area contributed by atoms with Gasteiger partial charge < -0.3 is 20.8 Å². The molecule has 3 heterocycles. The first-order valence-corrected chi connectivity index (χ1v) is 10.7. The van der Waals surface area contributed by atoms with Gasteiger partial charge in [-0.2, -0.15) is 0 Å². The summed E-state index contributed by atoms with van der Waals surface area (Å²) in [6.07, 6.45) is 4.38. The van der Waals surface area contributed by atoms with Crippen molar-refractivity contribution >= 4 is 5.95 Å². The number of ether oxygens (including phenoxy) is 1. The number of rotatable bonds is 7. The van der Waals surface area contributed by atoms with Crippen molar-refractivity contribution in [2.24, 2.45) is 11.1 Å². The van der Waals surface area contributed by atoms with Crippen molar-refractivity contribution in [1.82, 2.24) is 19.9 Å². The Morgan fingerprint density at radius 2 is 2.03 bits per heavy atom. The molecule has 0 amide bonds. The molecule has 8 heteroatoms. The Labute approximate surface area is 181 Å². The van der Waals surface area contributed by atoms with Gasteiger partial charge in [0.25, 0.3) is 0 Å². The van der Waals surface area contributed by atoms with Crippen LogP contribution in [0.5, 0.6) is 0 Å². The van der Waals surface area contributed by atoms with Gasteiger partial charge in [-0.1, -0.05) is 13.8 Å². The zero-order chi connectivity index (χ0) is 21.8. The summed E-state index contributed by atoms with van der Waals surface area (Å²) in [4.78, 5) is 17.2. The van der Waals surface area contributed by atoms with E-state index < -0.39 is 0 Å². The number of aromatic nitrogens is 4. The Kier molecular flexibility index (Phi) is 6.29. The second kappa shape index (κ2) is 9.11. The highest BCUT2D eigenvalue weighted by Gasteiger charge is 2.31. The molecular formula is C23H29FN6O. The van der Waals surface area contributed by atoms with E-state index in [9.17, 15) is 4.39 Å². The van der Waals surface area contributed by atoms with Crippen molar-refractivity contribution in [3.8, 4) is 22.6 Å². The lowest BCUT2D eigenvalue weighted by Crippen LogP contribution is -2.27. The molecule has 0 aliphatic carbocycles. The number of aromatic amines is 1. The van der Waals surface area contributed by atoms with Gasteiger partial charge in [0.2, 0.25) is 5.95 Å². The Morgan fingerprint density at radius 1 is 1.23 bits per heavy atom. The maximum atomic E-state index is 13.5. The van der Waals surface area contributed by atoms with E-state index in [1.54, 1.807) is 18.3 Å². The minimum absolute atomic E-state index is 0.107. The molecule has 4 N–H and O–H groups in total. The van der Waals surface area contributed by atoms with E-state index in [4.69, 9.17) is 15.5 Å². The van der Waals surface area contributed by atoms with Gasteiger partial charge in [0.05, 0.1) is 23.7 Å². The van der Waals surface area contributed by atoms with Gasteiger partial charge >= 0.3 is 0 Å². The number of imidazole rings is 1. The fourth-order valence-corrected chi connectivity index (χ4v) is 3.65. The standard InChI is InChI=1S/C23H29FN6O/c1-23(2)10-8-18(31-14-23)21-29-19(15-4-6-16(24)7-5-15)20(30-21)17-9-13-27-22(28-17)26-12-3-11-25/h4-7,9,13,18H,3,8,10-12,14,25H2,1-2H3,(H,29,30)(H,26,27,28). The van der Waals surface area contributed by atoms with Crippen molar-refractivity contribution in [2.45, 2.75) is 39.2 Å². The fraction of sp³-hybridized carbons (Fsp3) is 0.435. The number of halogens is 1. The summed E-state index contributed by atoms with van der Waals surface area (Å²) in [6, 6.07) is 8.17. The molecule has 1 aliphatic rings. The molecule has 1 unspecified atom stereocenters. The van der Waals surface area contributed by atoms with E-state index in [1.165, 1.54) is 12.1 Å². The molecule has 0 saturated carbocycles. The Bertz CT molecular complexity index is 1010. The van der Waals surface area contributed by atoms with Crippen LogP contribution in [-0.2, 0) is 4.74 Å². The zero-order valence-corrected chi connectivity index (χ0v) is 18.0. The topological polar surface area (TPSA) is 102 Å². The number of nitrogens with one attached hydrogen (secondary N) is 2. The molecule has 0 spiro atoms. The molecule has 1 aliphatic heterocycles. The minimum atomic E-state index is -0.285. The fourth-order valence-electron chi connectivity index (χ4n) is 3.65. The van der Waals surface area contributed by atoms with Crippen molar-refractivity contribution in [1.29, 1.82) is 0 Å². The van der Waals surface area contributed by atoms with Gasteiger partial charge in [-0.05, 0) is 61.6 Å². The van der Waals surface area contributed by atoms with Crippen LogP contribution in [0.1, 0.15) is 45.0 Å². The minimum Gasteiger partial charge on any atom is -0.370 e. The number of hydrogen-bond donors (Lipinski definition) is 3. The van der Waals surface area contributed by atoms with Crippen molar-refractivity contribution in [3.63, 3.8) is 0 Å². The highest BCUT2D eigenvalue weighted by atomic mass is 19.1. The lowest BCUT2D eigenvalue weighted by Gasteiger charge is -2.33. The molecule has 164 valence electrons. The van der Waals surface area contributed by atoms with Crippen molar-refractivity contribution < 1.29 is 9.13 Å². The molecule has 1 fully saturated rings. The highest BCUT2D eigenvalue weighted by molar-refractivity contribution is 5.77. The molecule has 0 radical (unpaired) electrons. The van der Waals surface area contributed by atoms with Crippen molar-refractivity contribution in [3.05, 3.63) is 48.2 Å². The van der Waals surface area contributed by atoms with E-state index in [0.29, 0.717) is 31.3 Å². The molecule has 1 saturated heterocycles. The number of anilines is 1. The zero-order valence-electron chi connectivity index (χ0n) is 18.0. The lowest BCUT2D eigenvalue weighted by atomic mass is 9.85. The summed E-state index contributed by atoms with van der Waals surface area (Å²) in [5.41, 5.74) is 8.74. The van der Waals surface area contributed by atoms with Crippen LogP contribution in [0, 0.1) is 11.2 Å². The average Bonchev–Trinajstić information content (AvgIpc) is 3.20. The second-order valence-corrected chi connectivity index (χ2v) is 8.69. The third-order valence-corrected chi connectivity index (χ3v) is 5.48. The first-order chi connectivity index (χ1) is 14.9. The van der Waals surface area contributed by atoms with Crippen LogP contribution >= 0.6 is 0 Å². The van der Waals surface area contributed by atoms with E-state index in [-0.39, 0.29) is 17.3 Å². The molecule has 3 aromatic rings. The van der Waals surface area contributed by atoms with E-state index in [2.05, 4.69) is 34.1 Å². The van der Waals surface area contributed by atoms with E-state index in [1.807, 2.05) is 6.07 Å². The lowest BCUT2D eigenvalue weighted by molar-refractivity contribution is -0.0533. The normalized spacial score (nSPS) is 18.1. The predicted molar refractivity (Wildman–Crippen MR) is 119 cm³/mol. The SMILES string of the molecule is CC1(C)CCC(c2nc(-c3ccc(F)cc3)c(-c3ccnc(NCCCN)n3)[nH]2)OC1. The number of H-pyrrole nitrogens is 1. The molecule has 31 heavy (non-hydrogen) atoms. The summed E-state index contributed by atoms with van der Waals surface area (Å²) in [7, 11) is 0. The Hall–Kier alpha value is -2.84. The summed E-state index contributed by atoms with van der Waals surface area (Å²) >= 11 is 0. The predicted octanol–water partition coefficient (Wildman–Crippen LogP) is 4.31. The quantitative estimate of drug-likeness (QED) is 0.489. The molecule has 1 atom stereocenters. The van der Waals surface area contributed by atoms with Gasteiger partial charge in [0.15, 0.2) is 0 Å². The number of benzene rings is 1. The number of nitrogens with two attached hydrogens (primary N) is 1. The molecule has 1 aromatic carbocycles. The van der Waals surface area contributed by atoms with Gasteiger partial charge in [0.1, 0.15) is 17.7 Å². The summed E-state index contributed by atoms with van der Waals surface area (Å²) < 4.78 is 19.6. The smallest absolute Gasteiger partial charge is 0.223 e. The second-order valence-electron chi connectivity index (χ2n) is 8.69. The largest absolute Gasteiger partial charge is 0.370 e. The van der Waals surface area contributed by atoms with Crippen LogP contribution in [0.15, 0.2) is 36.5 Å². The van der Waals surface area contributed by atoms with Crippen molar-refractivity contribution in [2.75, 3.05) is 25.0 Å². The summed E-state index contributed by atoms with van der Waals surface area (Å²) in [5.74, 6) is 1.01. The van der Waals surface area contributed by atoms with Crippen LogP contribution in [0.4, 0.5) is 10.3 Å². The summed E-state index contributed by atoms with van der Waals surface area (Å²) in [5, 5.41) is 3.19. The Morgan fingerprint density at radius 3 is 2.74 bits per heavy atom. The van der Waals surface area contributed by atoms with Crippen LogP contribution in [0.2, 0.25) is 0 Å². The van der Waals surface area contributed by atoms with Gasteiger partial charge in [-0.25, -0.2) is 19.3 Å². The van der Waals surface area contributed by atoms with E-state index >= 15 is 0 Å². The average molecular weight is 425 g/mol. The van der Waals surface area contributed by atoms with Crippen LogP contribution in [0.3, 0.4) is 0 Å². The first kappa shape index (κ1) is 21.4. The first-order valence-electron chi connectivity index (χ1n) is 10.7. The van der Waals surface area contributed by atoms with Crippen LogP contribution in [0.25, 0.3) is 22.6 Å². The molecular weight excluding hydrogens is 395 g/mol. The van der Waals surface area contributed by atoms with E-state index in [0.717, 1.165) is 42.0 Å². The van der Waals surface area contributed by atoms with Gasteiger partial charge in [0, 0.05) is 18.3 Å². The Balaban J connectivity index is 1.69. The number of hydrogen-bond acceptors (Lipinski definition) is 6. The van der Waals surface area contributed by atoms with Gasteiger partial charge in [-0.15, -0.1) is 0 Å².